The van der Waals surface area contributed by atoms with Gasteiger partial charge in [0.2, 0.25) is 12.7 Å². The molecule has 0 atom stereocenters. The van der Waals surface area contributed by atoms with E-state index in [1.807, 2.05) is 13.8 Å². The summed E-state index contributed by atoms with van der Waals surface area (Å²) in [5, 5.41) is 2.47. The van der Waals surface area contributed by atoms with Crippen molar-refractivity contribution in [2.45, 2.75) is 26.7 Å². The van der Waals surface area contributed by atoms with Gasteiger partial charge in [0.25, 0.3) is 11.1 Å². The highest BCUT2D eigenvalue weighted by Gasteiger charge is 2.34. The standard InChI is InChI=1S/C19H22N2O5S/c1-3-13(4-2)17(22)20-7-8-21-18(23)16(27-19(21)24)10-12-5-6-14-15(9-12)26-11-25-14/h5-6,9-10,13H,3-4,7-8,11H2,1-2H3,(H,20,22). The summed E-state index contributed by atoms with van der Waals surface area (Å²) in [6.45, 7) is 4.52. The molecule has 0 aromatic heterocycles. The zero-order valence-electron chi connectivity index (χ0n) is 15.3. The first-order chi connectivity index (χ1) is 13.0. The van der Waals surface area contributed by atoms with Crippen molar-refractivity contribution in [2.75, 3.05) is 19.9 Å². The van der Waals surface area contributed by atoms with Crippen molar-refractivity contribution in [3.8, 4) is 11.5 Å². The van der Waals surface area contributed by atoms with Gasteiger partial charge < -0.3 is 14.8 Å². The van der Waals surface area contributed by atoms with Crippen LogP contribution in [0.4, 0.5) is 4.79 Å². The fraction of sp³-hybridized carbons (Fsp3) is 0.421. The van der Waals surface area contributed by atoms with Crippen molar-refractivity contribution >= 4 is 34.9 Å². The Bertz CT molecular complexity index is 788. The van der Waals surface area contributed by atoms with Gasteiger partial charge in [-0.25, -0.2) is 0 Å². The quantitative estimate of drug-likeness (QED) is 0.721. The largest absolute Gasteiger partial charge is 0.454 e. The molecule has 7 nitrogen and oxygen atoms in total. The zero-order valence-corrected chi connectivity index (χ0v) is 16.1. The molecule has 27 heavy (non-hydrogen) atoms. The Hall–Kier alpha value is -2.48. The van der Waals surface area contributed by atoms with Crippen LogP contribution in [0, 0.1) is 5.92 Å². The number of hydrogen-bond acceptors (Lipinski definition) is 6. The lowest BCUT2D eigenvalue weighted by Crippen LogP contribution is -2.39. The van der Waals surface area contributed by atoms with Crippen LogP contribution in [0.5, 0.6) is 11.5 Å². The monoisotopic (exact) mass is 390 g/mol. The minimum absolute atomic E-state index is 0.0363. The number of ether oxygens (including phenoxy) is 2. The number of fused-ring (bicyclic) bond motifs is 1. The molecule has 0 unspecified atom stereocenters. The summed E-state index contributed by atoms with van der Waals surface area (Å²) in [5.41, 5.74) is 0.756. The van der Waals surface area contributed by atoms with Crippen LogP contribution in [0.15, 0.2) is 23.1 Å². The van der Waals surface area contributed by atoms with Crippen LogP contribution in [-0.2, 0) is 9.59 Å². The van der Waals surface area contributed by atoms with Gasteiger partial charge in [-0.2, -0.15) is 0 Å². The van der Waals surface area contributed by atoms with E-state index in [0.717, 1.165) is 35.1 Å². The maximum Gasteiger partial charge on any atom is 0.293 e. The predicted molar refractivity (Wildman–Crippen MR) is 102 cm³/mol. The number of nitrogens with zero attached hydrogens (tertiary/aromatic N) is 1. The first-order valence-corrected chi connectivity index (χ1v) is 9.77. The normalized spacial score (nSPS) is 17.3. The summed E-state index contributed by atoms with van der Waals surface area (Å²) in [4.78, 5) is 38.2. The van der Waals surface area contributed by atoms with Crippen LogP contribution in [0.1, 0.15) is 32.3 Å². The molecule has 3 amide bonds. The van der Waals surface area contributed by atoms with Crippen molar-refractivity contribution in [3.63, 3.8) is 0 Å². The smallest absolute Gasteiger partial charge is 0.293 e. The van der Waals surface area contributed by atoms with E-state index in [-0.39, 0.29) is 42.9 Å². The van der Waals surface area contributed by atoms with E-state index in [0.29, 0.717) is 16.4 Å². The van der Waals surface area contributed by atoms with Crippen LogP contribution >= 0.6 is 11.8 Å². The molecule has 1 N–H and O–H groups in total. The first kappa shape index (κ1) is 19.3. The molecule has 1 aromatic carbocycles. The number of carbonyl (C=O) groups is 3. The number of imide groups is 1. The molecular weight excluding hydrogens is 368 g/mol. The predicted octanol–water partition coefficient (Wildman–Crippen LogP) is 3.00. The maximum absolute atomic E-state index is 12.5. The van der Waals surface area contributed by atoms with Gasteiger partial charge in [-0.05, 0) is 48.4 Å². The highest BCUT2D eigenvalue weighted by Crippen LogP contribution is 2.36. The fourth-order valence-electron chi connectivity index (χ4n) is 2.94. The van der Waals surface area contributed by atoms with Crippen LogP contribution in [-0.4, -0.2) is 41.8 Å². The molecule has 0 spiro atoms. The van der Waals surface area contributed by atoms with E-state index in [1.165, 1.54) is 0 Å². The molecule has 144 valence electrons. The molecule has 1 aromatic rings. The molecule has 8 heteroatoms. The third kappa shape index (κ3) is 4.27. The average molecular weight is 390 g/mol. The van der Waals surface area contributed by atoms with Crippen LogP contribution in [0.25, 0.3) is 6.08 Å². The SMILES string of the molecule is CCC(CC)C(=O)NCCN1C(=O)SC(=Cc2ccc3c(c2)OCO3)C1=O. The first-order valence-electron chi connectivity index (χ1n) is 8.96. The lowest BCUT2D eigenvalue weighted by molar-refractivity contribution is -0.126. The van der Waals surface area contributed by atoms with E-state index >= 15 is 0 Å². The van der Waals surface area contributed by atoms with Crippen molar-refractivity contribution in [1.29, 1.82) is 0 Å². The second kappa shape index (κ2) is 8.47. The molecule has 2 aliphatic rings. The summed E-state index contributed by atoms with van der Waals surface area (Å²) >= 11 is 0.898. The minimum atomic E-state index is -0.348. The number of hydrogen-bond donors (Lipinski definition) is 1. The summed E-state index contributed by atoms with van der Waals surface area (Å²) in [6.07, 6.45) is 3.19. The van der Waals surface area contributed by atoms with Gasteiger partial charge >= 0.3 is 0 Å². The molecule has 0 aliphatic carbocycles. The number of nitrogens with one attached hydrogen (secondary N) is 1. The van der Waals surface area contributed by atoms with Crippen molar-refractivity contribution in [3.05, 3.63) is 28.7 Å². The van der Waals surface area contributed by atoms with Gasteiger partial charge in [0.05, 0.1) is 4.91 Å². The average Bonchev–Trinajstić information content (AvgIpc) is 3.22. The number of benzene rings is 1. The zero-order chi connectivity index (χ0) is 19.4. The highest BCUT2D eigenvalue weighted by atomic mass is 32.2. The van der Waals surface area contributed by atoms with E-state index in [9.17, 15) is 14.4 Å². The Balaban J connectivity index is 1.60. The van der Waals surface area contributed by atoms with Gasteiger partial charge in [0, 0.05) is 19.0 Å². The van der Waals surface area contributed by atoms with Gasteiger partial charge in [-0.1, -0.05) is 19.9 Å². The molecule has 0 bridgehead atoms. The molecule has 3 rings (SSSR count). The summed E-state index contributed by atoms with van der Waals surface area (Å²) < 4.78 is 10.6. The number of rotatable bonds is 7. The number of carbonyl (C=O) groups excluding carboxylic acids is 3. The van der Waals surface area contributed by atoms with Crippen LogP contribution in [0.3, 0.4) is 0 Å². The Kier molecular flexibility index (Phi) is 6.05. The van der Waals surface area contributed by atoms with Crippen LogP contribution in [0.2, 0.25) is 0 Å². The molecule has 0 radical (unpaired) electrons. The van der Waals surface area contributed by atoms with Gasteiger partial charge in [0.1, 0.15) is 0 Å². The summed E-state index contributed by atoms with van der Waals surface area (Å²) in [7, 11) is 0. The molecule has 0 saturated carbocycles. The van der Waals surface area contributed by atoms with E-state index in [4.69, 9.17) is 9.47 Å². The van der Waals surface area contributed by atoms with E-state index in [2.05, 4.69) is 5.32 Å². The van der Waals surface area contributed by atoms with Crippen molar-refractivity contribution < 1.29 is 23.9 Å². The second-order valence-corrected chi connectivity index (χ2v) is 7.24. The Morgan fingerprint density at radius 2 is 2.00 bits per heavy atom. The third-order valence-corrected chi connectivity index (χ3v) is 5.47. The van der Waals surface area contributed by atoms with Gasteiger partial charge in [0.15, 0.2) is 11.5 Å². The van der Waals surface area contributed by atoms with Gasteiger partial charge in [-0.15, -0.1) is 0 Å². The molecule has 2 aliphatic heterocycles. The molecular formula is C19H22N2O5S. The summed E-state index contributed by atoms with van der Waals surface area (Å²) in [5.74, 6) is 0.855. The number of amides is 3. The summed E-state index contributed by atoms with van der Waals surface area (Å²) in [6, 6.07) is 5.34. The molecule has 1 fully saturated rings. The fourth-order valence-corrected chi connectivity index (χ4v) is 3.81. The maximum atomic E-state index is 12.5. The minimum Gasteiger partial charge on any atom is -0.454 e. The highest BCUT2D eigenvalue weighted by molar-refractivity contribution is 8.18. The lowest BCUT2D eigenvalue weighted by atomic mass is 10.0. The molecule has 1 saturated heterocycles. The lowest BCUT2D eigenvalue weighted by Gasteiger charge is -2.15. The van der Waals surface area contributed by atoms with Gasteiger partial charge in [-0.3, -0.25) is 19.3 Å². The van der Waals surface area contributed by atoms with Crippen LogP contribution < -0.4 is 14.8 Å². The number of thioether (sulfide) groups is 1. The van der Waals surface area contributed by atoms with E-state index in [1.54, 1.807) is 24.3 Å². The Morgan fingerprint density at radius 1 is 1.26 bits per heavy atom. The Labute approximate surface area is 162 Å². The Morgan fingerprint density at radius 3 is 2.74 bits per heavy atom. The second-order valence-electron chi connectivity index (χ2n) is 6.25. The van der Waals surface area contributed by atoms with Crippen molar-refractivity contribution in [1.82, 2.24) is 10.2 Å². The third-order valence-electron chi connectivity index (χ3n) is 4.56. The topological polar surface area (TPSA) is 84.9 Å². The van der Waals surface area contributed by atoms with E-state index < -0.39 is 0 Å². The van der Waals surface area contributed by atoms with Crippen molar-refractivity contribution in [2.24, 2.45) is 5.92 Å². The molecule has 2 heterocycles.